The Morgan fingerprint density at radius 2 is 1.69 bits per heavy atom. The van der Waals surface area contributed by atoms with Crippen LogP contribution < -0.4 is 10.0 Å². The molecule has 1 aromatic carbocycles. The zero-order chi connectivity index (χ0) is 24.4. The Labute approximate surface area is 190 Å². The average Bonchev–Trinajstić information content (AvgIpc) is 3.13. The summed E-state index contributed by atoms with van der Waals surface area (Å²) >= 11 is 0. The molecular weight excluding hydrogens is 433 g/mol. The maximum absolute atomic E-state index is 14.1. The molecule has 0 fully saturated rings. The number of aromatic nitrogens is 2. The van der Waals surface area contributed by atoms with E-state index in [4.69, 9.17) is 0 Å². The Balaban J connectivity index is 2.29. The third kappa shape index (κ3) is 6.07. The van der Waals surface area contributed by atoms with Gasteiger partial charge < -0.3 is 10.2 Å². The lowest BCUT2D eigenvalue weighted by Crippen LogP contribution is -2.38. The van der Waals surface area contributed by atoms with E-state index < -0.39 is 27.4 Å². The zero-order valence-corrected chi connectivity index (χ0v) is 20.8. The molecule has 2 rings (SSSR count). The number of benzene rings is 1. The maximum Gasteiger partial charge on any atom is 0.333 e. The molecule has 0 aliphatic heterocycles. The van der Waals surface area contributed by atoms with Crippen molar-refractivity contribution in [1.82, 2.24) is 19.4 Å². The Hall–Kier alpha value is -2.46. The normalized spacial score (nSPS) is 12.6. The first-order valence-corrected chi connectivity index (χ1v) is 12.0. The molecule has 1 heterocycles. The van der Waals surface area contributed by atoms with Crippen LogP contribution in [0, 0.1) is 5.82 Å². The van der Waals surface area contributed by atoms with E-state index >= 15 is 0 Å². The predicted octanol–water partition coefficient (Wildman–Crippen LogP) is 4.08. The molecular formula is C22H34FN5O3S. The summed E-state index contributed by atoms with van der Waals surface area (Å²) in [5.74, 6) is -0.559. The smallest absolute Gasteiger partial charge is 0.307 e. The fraction of sp³-hybridized carbons (Fsp3) is 0.545. The zero-order valence-electron chi connectivity index (χ0n) is 20.0. The second-order valence-electron chi connectivity index (χ2n) is 9.48. The number of nitrogens with one attached hydrogen (secondary N) is 2. The van der Waals surface area contributed by atoms with Gasteiger partial charge in [0.15, 0.2) is 5.03 Å². The molecule has 178 valence electrons. The van der Waals surface area contributed by atoms with E-state index in [0.29, 0.717) is 23.4 Å². The van der Waals surface area contributed by atoms with Crippen LogP contribution in [-0.2, 0) is 15.6 Å². The van der Waals surface area contributed by atoms with Crippen LogP contribution in [0.3, 0.4) is 0 Å². The van der Waals surface area contributed by atoms with E-state index in [1.165, 1.54) is 18.2 Å². The second kappa shape index (κ2) is 9.58. The number of anilines is 1. The summed E-state index contributed by atoms with van der Waals surface area (Å²) in [5, 5.41) is 6.54. The van der Waals surface area contributed by atoms with E-state index in [2.05, 4.69) is 10.4 Å². The van der Waals surface area contributed by atoms with Gasteiger partial charge in [-0.2, -0.15) is 13.5 Å². The summed E-state index contributed by atoms with van der Waals surface area (Å²) in [5.41, 5.74) is 1.15. The van der Waals surface area contributed by atoms with Gasteiger partial charge in [0.05, 0.1) is 5.54 Å². The minimum Gasteiger partial charge on any atom is -0.307 e. The van der Waals surface area contributed by atoms with Gasteiger partial charge in [-0.05, 0) is 69.1 Å². The molecule has 0 saturated carbocycles. The number of sulfonamides is 1. The number of hydrogen-bond acceptors (Lipinski definition) is 5. The van der Waals surface area contributed by atoms with Crippen molar-refractivity contribution >= 4 is 21.7 Å². The first-order valence-electron chi connectivity index (χ1n) is 10.5. The summed E-state index contributed by atoms with van der Waals surface area (Å²) in [6.07, 6.45) is 1.57. The van der Waals surface area contributed by atoms with Crippen molar-refractivity contribution in [3.8, 4) is 0 Å². The summed E-state index contributed by atoms with van der Waals surface area (Å²) < 4.78 is 43.2. The molecule has 0 radical (unpaired) electrons. The van der Waals surface area contributed by atoms with Crippen LogP contribution in [0.1, 0.15) is 64.5 Å². The Morgan fingerprint density at radius 3 is 2.16 bits per heavy atom. The van der Waals surface area contributed by atoms with E-state index in [0.717, 1.165) is 0 Å². The molecule has 0 bridgehead atoms. The number of hydrogen-bond donors (Lipinski definition) is 2. The first-order chi connectivity index (χ1) is 14.6. The number of carbonyl (C=O) groups is 1. The summed E-state index contributed by atoms with van der Waals surface area (Å²) in [6, 6.07) is 3.14. The molecule has 0 saturated heterocycles. The Kier molecular flexibility index (Phi) is 7.72. The molecule has 8 nitrogen and oxygen atoms in total. The van der Waals surface area contributed by atoms with Crippen LogP contribution in [0.25, 0.3) is 0 Å². The van der Waals surface area contributed by atoms with Gasteiger partial charge in [0.25, 0.3) is 10.0 Å². The number of halogens is 1. The lowest BCUT2D eigenvalue weighted by atomic mass is 9.92. The van der Waals surface area contributed by atoms with Crippen LogP contribution in [0.4, 0.5) is 14.9 Å². The SMILES string of the molecule is CC(C)c1cc(F)cc(C(C)C)c1NC(=O)NS(=O)(=O)c1ccn(C(C)(C)CN(C)C)n1. The van der Waals surface area contributed by atoms with Crippen molar-refractivity contribution in [2.45, 2.75) is 63.9 Å². The van der Waals surface area contributed by atoms with E-state index in [1.807, 2.05) is 65.3 Å². The van der Waals surface area contributed by atoms with Crippen LogP contribution in [0.2, 0.25) is 0 Å². The lowest BCUT2D eigenvalue weighted by molar-refractivity contribution is 0.221. The lowest BCUT2D eigenvalue weighted by Gasteiger charge is -2.28. The van der Waals surface area contributed by atoms with Crippen molar-refractivity contribution in [3.05, 3.63) is 41.3 Å². The molecule has 0 aliphatic carbocycles. The molecule has 0 spiro atoms. The second-order valence-corrected chi connectivity index (χ2v) is 11.1. The molecule has 1 aromatic heterocycles. The summed E-state index contributed by atoms with van der Waals surface area (Å²) in [6.45, 7) is 12.0. The molecule has 2 aromatic rings. The van der Waals surface area contributed by atoms with Crippen molar-refractivity contribution in [2.75, 3.05) is 26.0 Å². The van der Waals surface area contributed by atoms with Crippen LogP contribution in [-0.4, -0.2) is 49.8 Å². The van der Waals surface area contributed by atoms with Gasteiger partial charge in [0.2, 0.25) is 0 Å². The molecule has 0 atom stereocenters. The Bertz CT molecular complexity index is 1050. The van der Waals surface area contributed by atoms with Gasteiger partial charge in [-0.3, -0.25) is 4.68 Å². The molecule has 32 heavy (non-hydrogen) atoms. The number of amides is 2. The largest absolute Gasteiger partial charge is 0.333 e. The topological polar surface area (TPSA) is 96.3 Å². The molecule has 0 aliphatic rings. The monoisotopic (exact) mass is 467 g/mol. The minimum absolute atomic E-state index is 0.0789. The third-order valence-electron chi connectivity index (χ3n) is 5.04. The summed E-state index contributed by atoms with van der Waals surface area (Å²) in [4.78, 5) is 14.6. The number of urea groups is 1. The quantitative estimate of drug-likeness (QED) is 0.610. The minimum atomic E-state index is -4.20. The fourth-order valence-electron chi connectivity index (χ4n) is 3.65. The van der Waals surface area contributed by atoms with Crippen molar-refractivity contribution < 1.29 is 17.6 Å². The van der Waals surface area contributed by atoms with Crippen LogP contribution in [0.5, 0.6) is 0 Å². The Morgan fingerprint density at radius 1 is 1.16 bits per heavy atom. The number of likely N-dealkylation sites (N-methyl/N-ethyl adjacent to an activating group) is 1. The van der Waals surface area contributed by atoms with Crippen LogP contribution >= 0.6 is 0 Å². The predicted molar refractivity (Wildman–Crippen MR) is 124 cm³/mol. The highest BCUT2D eigenvalue weighted by atomic mass is 32.2. The van der Waals surface area contributed by atoms with Gasteiger partial charge in [-0.25, -0.2) is 13.9 Å². The van der Waals surface area contributed by atoms with Gasteiger partial charge in [0.1, 0.15) is 5.82 Å². The number of carbonyl (C=O) groups excluding carboxylic acids is 1. The highest BCUT2D eigenvalue weighted by Crippen LogP contribution is 2.33. The van der Waals surface area contributed by atoms with Gasteiger partial charge >= 0.3 is 6.03 Å². The highest BCUT2D eigenvalue weighted by Gasteiger charge is 2.27. The fourth-order valence-corrected chi connectivity index (χ4v) is 4.49. The highest BCUT2D eigenvalue weighted by molar-refractivity contribution is 7.90. The van der Waals surface area contributed by atoms with E-state index in [9.17, 15) is 17.6 Å². The van der Waals surface area contributed by atoms with Gasteiger partial charge in [-0.15, -0.1) is 0 Å². The van der Waals surface area contributed by atoms with E-state index in [1.54, 1.807) is 10.9 Å². The van der Waals surface area contributed by atoms with Crippen molar-refractivity contribution in [3.63, 3.8) is 0 Å². The number of rotatable bonds is 8. The molecule has 2 N–H and O–H groups in total. The van der Waals surface area contributed by atoms with Crippen LogP contribution in [0.15, 0.2) is 29.4 Å². The van der Waals surface area contributed by atoms with Gasteiger partial charge in [0, 0.05) is 18.4 Å². The third-order valence-corrected chi connectivity index (χ3v) is 6.26. The van der Waals surface area contributed by atoms with Crippen molar-refractivity contribution in [1.29, 1.82) is 0 Å². The maximum atomic E-state index is 14.1. The van der Waals surface area contributed by atoms with Gasteiger partial charge in [-0.1, -0.05) is 27.7 Å². The van der Waals surface area contributed by atoms with E-state index in [-0.39, 0.29) is 16.9 Å². The molecule has 0 unspecified atom stereocenters. The summed E-state index contributed by atoms with van der Waals surface area (Å²) in [7, 11) is -0.368. The average molecular weight is 468 g/mol. The number of nitrogens with zero attached hydrogens (tertiary/aromatic N) is 3. The standard InChI is InChI=1S/C22H34FN5O3S/c1-14(2)17-11-16(23)12-18(15(3)4)20(17)24-21(29)26-32(30,31)19-9-10-28(25-19)22(5,6)13-27(7)8/h9-12,14-15H,13H2,1-8H3,(H2,24,26,29). The van der Waals surface area contributed by atoms with Crippen molar-refractivity contribution in [2.24, 2.45) is 0 Å². The first kappa shape index (κ1) is 25.8. The molecule has 2 amide bonds. The molecule has 10 heteroatoms.